The number of amides is 2. The lowest BCUT2D eigenvalue weighted by molar-refractivity contribution is 0.0450. The van der Waals surface area contributed by atoms with Crippen LogP contribution in [0.3, 0.4) is 0 Å². The van der Waals surface area contributed by atoms with Gasteiger partial charge in [0.25, 0.3) is 11.8 Å². The lowest BCUT2D eigenvalue weighted by Crippen LogP contribution is -2.29. The van der Waals surface area contributed by atoms with E-state index in [4.69, 9.17) is 9.47 Å². The second-order valence-corrected chi connectivity index (χ2v) is 6.07. The van der Waals surface area contributed by atoms with Crippen LogP contribution in [0.4, 0.5) is 0 Å². The standard InChI is InChI=1S/C21H19NO5/c1-3-9-22-19(23)17-8-7-15(13-18(17)20(22)24)21(25)27-11-10-26-16-6-4-5-14(2)12-16/h3-8,12-13H,1,9-11H2,2H3. The topological polar surface area (TPSA) is 72.9 Å². The van der Waals surface area contributed by atoms with Crippen LogP contribution in [0.25, 0.3) is 0 Å². The molecule has 0 atom stereocenters. The molecule has 0 unspecified atom stereocenters. The van der Waals surface area contributed by atoms with E-state index in [1.54, 1.807) is 0 Å². The molecule has 0 saturated heterocycles. The highest BCUT2D eigenvalue weighted by molar-refractivity contribution is 6.22. The number of aryl methyl sites for hydroxylation is 1. The Labute approximate surface area is 157 Å². The molecule has 138 valence electrons. The van der Waals surface area contributed by atoms with Crippen molar-refractivity contribution >= 4 is 17.8 Å². The second kappa shape index (κ2) is 7.86. The van der Waals surface area contributed by atoms with E-state index in [0.717, 1.165) is 10.5 Å². The molecule has 6 nitrogen and oxygen atoms in total. The Kier molecular flexibility index (Phi) is 5.35. The van der Waals surface area contributed by atoms with Gasteiger partial charge in [-0.3, -0.25) is 14.5 Å². The van der Waals surface area contributed by atoms with Crippen LogP contribution in [0.1, 0.15) is 36.6 Å². The highest BCUT2D eigenvalue weighted by Crippen LogP contribution is 2.24. The molecule has 0 N–H and O–H groups in total. The predicted molar refractivity (Wildman–Crippen MR) is 99.0 cm³/mol. The van der Waals surface area contributed by atoms with E-state index in [2.05, 4.69) is 6.58 Å². The van der Waals surface area contributed by atoms with E-state index in [1.807, 2.05) is 31.2 Å². The zero-order valence-electron chi connectivity index (χ0n) is 14.9. The minimum Gasteiger partial charge on any atom is -0.490 e. The summed E-state index contributed by atoms with van der Waals surface area (Å²) in [6.45, 7) is 5.91. The minimum absolute atomic E-state index is 0.0688. The number of imide groups is 1. The van der Waals surface area contributed by atoms with Gasteiger partial charge in [-0.15, -0.1) is 6.58 Å². The summed E-state index contributed by atoms with van der Waals surface area (Å²) >= 11 is 0. The summed E-state index contributed by atoms with van der Waals surface area (Å²) in [7, 11) is 0. The van der Waals surface area contributed by atoms with E-state index in [-0.39, 0.29) is 42.4 Å². The predicted octanol–water partition coefficient (Wildman–Crippen LogP) is 3.01. The van der Waals surface area contributed by atoms with Gasteiger partial charge in [-0.25, -0.2) is 4.79 Å². The quantitative estimate of drug-likeness (QED) is 0.326. The average molecular weight is 365 g/mol. The average Bonchev–Trinajstić information content (AvgIpc) is 2.90. The molecule has 0 bridgehead atoms. The number of carbonyl (C=O) groups excluding carboxylic acids is 3. The van der Waals surface area contributed by atoms with Gasteiger partial charge in [0.2, 0.25) is 0 Å². The van der Waals surface area contributed by atoms with Gasteiger partial charge in [-0.1, -0.05) is 18.2 Å². The molecule has 6 heteroatoms. The van der Waals surface area contributed by atoms with E-state index in [1.165, 1.54) is 24.3 Å². The Morgan fingerprint density at radius 3 is 2.59 bits per heavy atom. The first-order chi connectivity index (χ1) is 13.0. The van der Waals surface area contributed by atoms with E-state index >= 15 is 0 Å². The molecule has 0 spiro atoms. The summed E-state index contributed by atoms with van der Waals surface area (Å²) in [6.07, 6.45) is 1.48. The molecule has 0 aliphatic carbocycles. The fourth-order valence-corrected chi connectivity index (χ4v) is 2.79. The molecular weight excluding hydrogens is 346 g/mol. The van der Waals surface area contributed by atoms with Gasteiger partial charge in [-0.2, -0.15) is 0 Å². The van der Waals surface area contributed by atoms with Gasteiger partial charge in [0.1, 0.15) is 19.0 Å². The molecule has 3 rings (SSSR count). The number of nitrogens with zero attached hydrogens (tertiary/aromatic N) is 1. The van der Waals surface area contributed by atoms with Crippen molar-refractivity contribution in [3.05, 3.63) is 77.4 Å². The second-order valence-electron chi connectivity index (χ2n) is 6.07. The summed E-state index contributed by atoms with van der Waals surface area (Å²) in [5.41, 5.74) is 1.77. The molecule has 0 aromatic heterocycles. The molecule has 27 heavy (non-hydrogen) atoms. The largest absolute Gasteiger partial charge is 0.490 e. The third-order valence-electron chi connectivity index (χ3n) is 4.09. The number of fused-ring (bicyclic) bond motifs is 1. The first-order valence-electron chi connectivity index (χ1n) is 8.49. The monoisotopic (exact) mass is 365 g/mol. The van der Waals surface area contributed by atoms with Gasteiger partial charge in [0.15, 0.2) is 0 Å². The number of hydrogen-bond donors (Lipinski definition) is 0. The van der Waals surface area contributed by atoms with Crippen LogP contribution >= 0.6 is 0 Å². The molecule has 2 amide bonds. The van der Waals surface area contributed by atoms with E-state index < -0.39 is 11.9 Å². The summed E-state index contributed by atoms with van der Waals surface area (Å²) in [4.78, 5) is 37.8. The molecule has 1 heterocycles. The summed E-state index contributed by atoms with van der Waals surface area (Å²) in [5, 5.41) is 0. The Morgan fingerprint density at radius 2 is 1.85 bits per heavy atom. The van der Waals surface area contributed by atoms with Crippen LogP contribution < -0.4 is 4.74 Å². The molecule has 1 aliphatic heterocycles. The van der Waals surface area contributed by atoms with Crippen LogP contribution in [0.5, 0.6) is 5.75 Å². The molecular formula is C21H19NO5. The van der Waals surface area contributed by atoms with Crippen molar-refractivity contribution in [2.45, 2.75) is 6.92 Å². The van der Waals surface area contributed by atoms with Crippen molar-refractivity contribution in [3.63, 3.8) is 0 Å². The maximum Gasteiger partial charge on any atom is 0.338 e. The number of benzene rings is 2. The Bertz CT molecular complexity index is 919. The van der Waals surface area contributed by atoms with Crippen LogP contribution in [-0.4, -0.2) is 42.4 Å². The summed E-state index contributed by atoms with van der Waals surface area (Å²) in [5.74, 6) is -0.697. The smallest absolute Gasteiger partial charge is 0.338 e. The summed E-state index contributed by atoms with van der Waals surface area (Å²) < 4.78 is 10.7. The first-order valence-corrected chi connectivity index (χ1v) is 8.49. The van der Waals surface area contributed by atoms with E-state index in [0.29, 0.717) is 5.75 Å². The molecule has 0 radical (unpaired) electrons. The molecule has 0 fully saturated rings. The van der Waals surface area contributed by atoms with Crippen LogP contribution in [0.15, 0.2) is 55.1 Å². The van der Waals surface area contributed by atoms with Gasteiger partial charge in [0, 0.05) is 6.54 Å². The maximum absolute atomic E-state index is 12.3. The number of ether oxygens (including phenoxy) is 2. The Balaban J connectivity index is 1.59. The van der Waals surface area contributed by atoms with Crippen molar-refractivity contribution in [2.75, 3.05) is 19.8 Å². The van der Waals surface area contributed by atoms with Crippen molar-refractivity contribution in [3.8, 4) is 5.75 Å². The fourth-order valence-electron chi connectivity index (χ4n) is 2.79. The van der Waals surface area contributed by atoms with Crippen molar-refractivity contribution in [2.24, 2.45) is 0 Å². The van der Waals surface area contributed by atoms with Crippen LogP contribution in [0, 0.1) is 6.92 Å². The summed E-state index contributed by atoms with van der Waals surface area (Å²) in [6, 6.07) is 11.9. The number of hydrogen-bond acceptors (Lipinski definition) is 5. The van der Waals surface area contributed by atoms with Crippen LogP contribution in [-0.2, 0) is 4.74 Å². The first kappa shape index (κ1) is 18.4. The van der Waals surface area contributed by atoms with Gasteiger partial charge >= 0.3 is 5.97 Å². The van der Waals surface area contributed by atoms with Gasteiger partial charge in [0.05, 0.1) is 16.7 Å². The zero-order valence-corrected chi connectivity index (χ0v) is 14.9. The lowest BCUT2D eigenvalue weighted by atomic mass is 10.1. The molecule has 2 aromatic carbocycles. The molecule has 1 aliphatic rings. The van der Waals surface area contributed by atoms with Crippen molar-refractivity contribution < 1.29 is 23.9 Å². The van der Waals surface area contributed by atoms with Gasteiger partial charge in [-0.05, 0) is 42.8 Å². The highest BCUT2D eigenvalue weighted by atomic mass is 16.6. The maximum atomic E-state index is 12.3. The van der Waals surface area contributed by atoms with E-state index in [9.17, 15) is 14.4 Å². The number of carbonyl (C=O) groups is 3. The Hall–Kier alpha value is -3.41. The zero-order chi connectivity index (χ0) is 19.4. The number of rotatable bonds is 7. The molecule has 0 saturated carbocycles. The SMILES string of the molecule is C=CCN1C(=O)c2ccc(C(=O)OCCOc3cccc(C)c3)cc2C1=O. The van der Waals surface area contributed by atoms with Crippen molar-refractivity contribution in [1.29, 1.82) is 0 Å². The normalized spacial score (nSPS) is 12.7. The highest BCUT2D eigenvalue weighted by Gasteiger charge is 2.35. The number of esters is 1. The van der Waals surface area contributed by atoms with Crippen LogP contribution in [0.2, 0.25) is 0 Å². The third kappa shape index (κ3) is 3.89. The lowest BCUT2D eigenvalue weighted by Gasteiger charge is -2.09. The van der Waals surface area contributed by atoms with Gasteiger partial charge < -0.3 is 9.47 Å². The fraction of sp³-hybridized carbons (Fsp3) is 0.190. The Morgan fingerprint density at radius 1 is 1.07 bits per heavy atom. The third-order valence-corrected chi connectivity index (χ3v) is 4.09. The minimum atomic E-state index is -0.576. The molecule has 2 aromatic rings. The van der Waals surface area contributed by atoms with Crippen molar-refractivity contribution in [1.82, 2.24) is 4.90 Å².